The highest BCUT2D eigenvalue weighted by Crippen LogP contribution is 2.24. The number of hydrogen-bond donors (Lipinski definition) is 0. The minimum atomic E-state index is -0.620. The van der Waals surface area contributed by atoms with Gasteiger partial charge in [0.05, 0.1) is 7.11 Å². The Morgan fingerprint density at radius 1 is 1.35 bits per heavy atom. The maximum absolute atomic E-state index is 11.8. The van der Waals surface area contributed by atoms with Gasteiger partial charge in [-0.05, 0) is 27.2 Å². The molecular weight excluding hydrogens is 221 g/mol. The van der Waals surface area contributed by atoms with Gasteiger partial charge >= 0.3 is 12.1 Å². The molecule has 1 aliphatic heterocycles. The first-order valence-electron chi connectivity index (χ1n) is 5.33. The summed E-state index contributed by atoms with van der Waals surface area (Å²) in [6, 6.07) is 0. The Hall–Kier alpha value is -1.46. The lowest BCUT2D eigenvalue weighted by atomic mass is 9.93. The van der Waals surface area contributed by atoms with Crippen LogP contribution in [0.15, 0.2) is 11.2 Å². The van der Waals surface area contributed by atoms with E-state index in [1.165, 1.54) is 12.0 Å². The molecule has 2 radical (unpaired) electrons. The lowest BCUT2D eigenvalue weighted by molar-refractivity contribution is -0.137. The number of amides is 1. The van der Waals surface area contributed by atoms with Gasteiger partial charge in [0, 0.05) is 6.54 Å². The second kappa shape index (κ2) is 4.81. The number of carbonyl (C=O) groups is 2. The van der Waals surface area contributed by atoms with Crippen molar-refractivity contribution in [1.82, 2.24) is 4.90 Å². The van der Waals surface area contributed by atoms with Crippen LogP contribution in [0.3, 0.4) is 0 Å². The normalized spacial score (nSPS) is 16.1. The lowest BCUT2D eigenvalue weighted by Crippen LogP contribution is -2.37. The monoisotopic (exact) mass is 237 g/mol. The summed E-state index contributed by atoms with van der Waals surface area (Å²) in [5.41, 5.74) is -0.181. The third-order valence-electron chi connectivity index (χ3n) is 2.17. The molecule has 6 heteroatoms. The smallest absolute Gasteiger partial charge is 0.415 e. The van der Waals surface area contributed by atoms with Gasteiger partial charge in [0.15, 0.2) is 0 Å². The molecule has 0 unspecified atom stereocenters. The van der Waals surface area contributed by atoms with E-state index in [1.807, 2.05) is 0 Å². The zero-order valence-corrected chi connectivity index (χ0v) is 10.6. The van der Waals surface area contributed by atoms with Crippen molar-refractivity contribution in [2.75, 3.05) is 13.7 Å². The van der Waals surface area contributed by atoms with Gasteiger partial charge in [0.2, 0.25) is 0 Å². The average Bonchev–Trinajstić information content (AvgIpc) is 2.56. The quantitative estimate of drug-likeness (QED) is 0.507. The molecule has 1 heterocycles. The molecule has 0 aromatic carbocycles. The highest BCUT2D eigenvalue weighted by molar-refractivity contribution is 6.25. The van der Waals surface area contributed by atoms with Gasteiger partial charge in [-0.2, -0.15) is 0 Å². The predicted octanol–water partition coefficient (Wildman–Crippen LogP) is 1.18. The van der Waals surface area contributed by atoms with Gasteiger partial charge in [0.25, 0.3) is 0 Å². The average molecular weight is 237 g/mol. The van der Waals surface area contributed by atoms with E-state index in [0.717, 1.165) is 0 Å². The van der Waals surface area contributed by atoms with Gasteiger partial charge in [-0.1, -0.05) is 5.47 Å². The number of ether oxygens (including phenoxy) is 2. The van der Waals surface area contributed by atoms with Crippen LogP contribution in [0.1, 0.15) is 27.2 Å². The summed E-state index contributed by atoms with van der Waals surface area (Å²) in [6.45, 7) is 5.61. The standard InChI is InChI=1S/C11H16BNO4/c1-11(2,3)17-10(15)13-6-5-7(12)8(13)9(14)16-4/h5-6H2,1-4H3. The van der Waals surface area contributed by atoms with E-state index in [-0.39, 0.29) is 5.70 Å². The van der Waals surface area contributed by atoms with Crippen molar-refractivity contribution in [3.63, 3.8) is 0 Å². The van der Waals surface area contributed by atoms with E-state index in [9.17, 15) is 9.59 Å². The van der Waals surface area contributed by atoms with Crippen LogP contribution in [0.2, 0.25) is 0 Å². The van der Waals surface area contributed by atoms with E-state index in [0.29, 0.717) is 18.4 Å². The molecule has 17 heavy (non-hydrogen) atoms. The van der Waals surface area contributed by atoms with Gasteiger partial charge in [-0.25, -0.2) is 9.59 Å². The first-order valence-corrected chi connectivity index (χ1v) is 5.33. The maximum Gasteiger partial charge on any atom is 0.415 e. The number of nitrogens with zero attached hydrogens (tertiary/aromatic N) is 1. The van der Waals surface area contributed by atoms with Crippen molar-refractivity contribution in [1.29, 1.82) is 0 Å². The Balaban J connectivity index is 2.86. The molecule has 92 valence electrons. The highest BCUT2D eigenvalue weighted by Gasteiger charge is 2.33. The molecule has 1 rings (SSSR count). The summed E-state index contributed by atoms with van der Waals surface area (Å²) in [7, 11) is 6.92. The fourth-order valence-corrected chi connectivity index (χ4v) is 1.47. The lowest BCUT2D eigenvalue weighted by Gasteiger charge is -2.25. The first kappa shape index (κ1) is 13.6. The molecule has 0 aromatic rings. The van der Waals surface area contributed by atoms with Crippen LogP contribution in [-0.4, -0.2) is 44.1 Å². The fraction of sp³-hybridized carbons (Fsp3) is 0.636. The molecule has 0 bridgehead atoms. The molecule has 0 aliphatic carbocycles. The molecule has 0 atom stereocenters. The SMILES string of the molecule is [B]C1=C(C(=O)OC)N(C(=O)OC(C)(C)C)CC1. The van der Waals surface area contributed by atoms with E-state index >= 15 is 0 Å². The molecular formula is C11H16BNO4. The van der Waals surface area contributed by atoms with E-state index in [4.69, 9.17) is 12.6 Å². The Kier molecular flexibility index (Phi) is 3.85. The minimum Gasteiger partial charge on any atom is -0.464 e. The van der Waals surface area contributed by atoms with Crippen LogP contribution in [0.25, 0.3) is 0 Å². The zero-order valence-electron chi connectivity index (χ0n) is 10.6. The highest BCUT2D eigenvalue weighted by atomic mass is 16.6. The van der Waals surface area contributed by atoms with Crippen molar-refractivity contribution in [2.45, 2.75) is 32.8 Å². The molecule has 0 saturated heterocycles. The molecule has 0 N–H and O–H groups in total. The van der Waals surface area contributed by atoms with Crippen molar-refractivity contribution in [2.24, 2.45) is 0 Å². The van der Waals surface area contributed by atoms with Crippen molar-refractivity contribution in [3.05, 3.63) is 11.2 Å². The van der Waals surface area contributed by atoms with Crippen LogP contribution < -0.4 is 0 Å². The number of esters is 1. The Labute approximate surface area is 102 Å². The third kappa shape index (κ3) is 3.25. The van der Waals surface area contributed by atoms with Gasteiger partial charge in [-0.3, -0.25) is 4.90 Å². The zero-order chi connectivity index (χ0) is 13.2. The first-order chi connectivity index (χ1) is 7.76. The van der Waals surface area contributed by atoms with E-state index in [1.54, 1.807) is 20.8 Å². The van der Waals surface area contributed by atoms with Gasteiger partial charge in [0.1, 0.15) is 19.1 Å². The Bertz CT molecular complexity index is 370. The van der Waals surface area contributed by atoms with E-state index < -0.39 is 17.7 Å². The molecule has 0 fully saturated rings. The summed E-state index contributed by atoms with van der Waals surface area (Å²) >= 11 is 0. The second-order valence-corrected chi connectivity index (χ2v) is 4.75. The third-order valence-corrected chi connectivity index (χ3v) is 2.17. The summed E-state index contributed by atoms with van der Waals surface area (Å²) in [4.78, 5) is 24.6. The predicted molar refractivity (Wildman–Crippen MR) is 62.4 cm³/mol. The number of hydrogen-bond acceptors (Lipinski definition) is 4. The van der Waals surface area contributed by atoms with Crippen LogP contribution >= 0.6 is 0 Å². The molecule has 1 aliphatic rings. The number of rotatable bonds is 1. The van der Waals surface area contributed by atoms with Crippen LogP contribution in [0, 0.1) is 0 Å². The largest absolute Gasteiger partial charge is 0.464 e. The van der Waals surface area contributed by atoms with Crippen molar-refractivity contribution >= 4 is 19.9 Å². The van der Waals surface area contributed by atoms with Crippen LogP contribution in [0.4, 0.5) is 4.79 Å². The van der Waals surface area contributed by atoms with Crippen LogP contribution in [0.5, 0.6) is 0 Å². The van der Waals surface area contributed by atoms with Crippen LogP contribution in [-0.2, 0) is 14.3 Å². The van der Waals surface area contributed by atoms with E-state index in [2.05, 4.69) is 4.74 Å². The molecule has 0 saturated carbocycles. The summed E-state index contributed by atoms with van der Waals surface area (Å²) in [5.74, 6) is -0.620. The fourth-order valence-electron chi connectivity index (χ4n) is 1.47. The molecule has 5 nitrogen and oxygen atoms in total. The maximum atomic E-state index is 11.8. The molecule has 0 spiro atoms. The molecule has 1 amide bonds. The second-order valence-electron chi connectivity index (χ2n) is 4.75. The topological polar surface area (TPSA) is 55.8 Å². The Morgan fingerprint density at radius 2 is 1.94 bits per heavy atom. The minimum absolute atomic E-state index is 0.0850. The molecule has 0 aromatic heterocycles. The number of methoxy groups -OCH3 is 1. The van der Waals surface area contributed by atoms with Gasteiger partial charge < -0.3 is 9.47 Å². The summed E-state index contributed by atoms with van der Waals surface area (Å²) in [5, 5.41) is 0. The van der Waals surface area contributed by atoms with Gasteiger partial charge in [-0.15, -0.1) is 0 Å². The number of carbonyl (C=O) groups excluding carboxylic acids is 2. The Morgan fingerprint density at radius 3 is 2.41 bits per heavy atom. The summed E-state index contributed by atoms with van der Waals surface area (Å²) in [6.07, 6.45) is -0.137. The van der Waals surface area contributed by atoms with Crippen molar-refractivity contribution in [3.8, 4) is 0 Å². The van der Waals surface area contributed by atoms with Crippen molar-refractivity contribution < 1.29 is 19.1 Å². The summed E-state index contributed by atoms with van der Waals surface area (Å²) < 4.78 is 9.77.